The number of carbonyl (C=O) groups excluding carboxylic acids is 1. The van der Waals surface area contributed by atoms with Crippen LogP contribution in [0.15, 0.2) is 39.4 Å². The third kappa shape index (κ3) is 5.35. The van der Waals surface area contributed by atoms with Crippen molar-refractivity contribution in [3.63, 3.8) is 0 Å². The summed E-state index contributed by atoms with van der Waals surface area (Å²) in [4.78, 5) is 22.1. The lowest BCUT2D eigenvalue weighted by Crippen LogP contribution is -2.24. The minimum Gasteiger partial charge on any atom is -0.487 e. The molecule has 0 saturated carbocycles. The summed E-state index contributed by atoms with van der Waals surface area (Å²) in [5.74, 6) is -1.08. The summed E-state index contributed by atoms with van der Waals surface area (Å²) in [6.45, 7) is 5.16. The van der Waals surface area contributed by atoms with Crippen LogP contribution in [0.4, 0.5) is 0 Å². The Morgan fingerprint density at radius 2 is 1.95 bits per heavy atom. The lowest BCUT2D eigenvalue weighted by Gasteiger charge is -2.10. The molecule has 0 unspecified atom stereocenters. The van der Waals surface area contributed by atoms with Gasteiger partial charge < -0.3 is 15.2 Å². The molecule has 0 spiro atoms. The number of ether oxygens (including phenoxy) is 1. The molecule has 0 aromatic heterocycles. The van der Waals surface area contributed by atoms with E-state index in [9.17, 15) is 9.59 Å². The molecule has 0 aliphatic heterocycles. The number of halogens is 2. The first-order chi connectivity index (χ1) is 9.85. The van der Waals surface area contributed by atoms with Gasteiger partial charge in [0, 0.05) is 6.92 Å². The lowest BCUT2D eigenvalue weighted by molar-refractivity contribution is -0.134. The zero-order chi connectivity index (χ0) is 16.0. The third-order valence-corrected chi connectivity index (χ3v) is 3.40. The van der Waals surface area contributed by atoms with E-state index in [1.54, 1.807) is 18.2 Å². The molecule has 0 aliphatic carbocycles. The smallest absolute Gasteiger partial charge is 0.352 e. The van der Waals surface area contributed by atoms with E-state index in [1.165, 1.54) is 13.0 Å². The number of hydrogen-bond donors (Lipinski definition) is 2. The van der Waals surface area contributed by atoms with E-state index in [4.69, 9.17) is 9.84 Å². The summed E-state index contributed by atoms with van der Waals surface area (Å²) in [7, 11) is 0. The molecule has 0 radical (unpaired) electrons. The summed E-state index contributed by atoms with van der Waals surface area (Å²) in [5, 5.41) is 11.3. The minimum absolute atomic E-state index is 0.207. The van der Waals surface area contributed by atoms with Gasteiger partial charge in [0.2, 0.25) is 5.91 Å². The summed E-state index contributed by atoms with van der Waals surface area (Å²) in [5.41, 5.74) is 0.381. The fourth-order valence-electron chi connectivity index (χ4n) is 1.45. The van der Waals surface area contributed by atoms with Crippen molar-refractivity contribution in [1.82, 2.24) is 5.32 Å². The topological polar surface area (TPSA) is 75.6 Å². The van der Waals surface area contributed by atoms with Gasteiger partial charge >= 0.3 is 5.97 Å². The third-order valence-electron chi connectivity index (χ3n) is 2.22. The Hall–Kier alpha value is -1.60. The van der Waals surface area contributed by atoms with Gasteiger partial charge in [0.1, 0.15) is 18.1 Å². The van der Waals surface area contributed by atoms with Crippen molar-refractivity contribution in [2.24, 2.45) is 0 Å². The SMILES string of the molecule is C=CCOc1c(Br)cc(/C=C(/NC(C)=O)C(=O)O)cc1Br. The number of rotatable bonds is 6. The van der Waals surface area contributed by atoms with E-state index >= 15 is 0 Å². The number of carboxylic acid groups (broad SMARTS) is 1. The Kier molecular flexibility index (Phi) is 6.64. The number of hydrogen-bond acceptors (Lipinski definition) is 3. The minimum atomic E-state index is -1.22. The first kappa shape index (κ1) is 17.5. The molecule has 5 nitrogen and oxygen atoms in total. The average Bonchev–Trinajstić information content (AvgIpc) is 2.36. The van der Waals surface area contributed by atoms with Crippen molar-refractivity contribution in [2.45, 2.75) is 6.92 Å². The van der Waals surface area contributed by atoms with Crippen molar-refractivity contribution >= 4 is 49.8 Å². The fourth-order valence-corrected chi connectivity index (χ4v) is 2.90. The number of aliphatic carboxylic acids is 1. The zero-order valence-corrected chi connectivity index (χ0v) is 14.3. The molecule has 0 aliphatic rings. The maximum atomic E-state index is 11.1. The van der Waals surface area contributed by atoms with Crippen LogP contribution < -0.4 is 10.1 Å². The molecular weight excluding hydrogens is 406 g/mol. The van der Waals surface area contributed by atoms with Crippen LogP contribution in [0.5, 0.6) is 5.75 Å². The first-order valence-electron chi connectivity index (χ1n) is 5.80. The second kappa shape index (κ2) is 7.99. The number of benzene rings is 1. The van der Waals surface area contributed by atoms with Gasteiger partial charge in [-0.2, -0.15) is 0 Å². The maximum absolute atomic E-state index is 11.1. The van der Waals surface area contributed by atoms with E-state index in [0.717, 1.165) is 0 Å². The normalized spacial score (nSPS) is 10.9. The molecule has 0 fully saturated rings. The van der Waals surface area contributed by atoms with E-state index < -0.39 is 11.9 Å². The predicted octanol–water partition coefficient (Wildman–Crippen LogP) is 3.34. The van der Waals surface area contributed by atoms with Gasteiger partial charge in [0.25, 0.3) is 0 Å². The summed E-state index contributed by atoms with van der Waals surface area (Å²) >= 11 is 6.71. The van der Waals surface area contributed by atoms with E-state index in [0.29, 0.717) is 26.9 Å². The van der Waals surface area contributed by atoms with E-state index in [-0.39, 0.29) is 5.70 Å². The lowest BCUT2D eigenvalue weighted by atomic mass is 10.2. The standard InChI is InChI=1S/C14H13Br2NO4/c1-3-4-21-13-10(15)5-9(6-11(13)16)7-12(14(19)20)17-8(2)18/h3,5-7H,1,4H2,2H3,(H,17,18)(H,19,20)/b12-7+. The predicted molar refractivity (Wildman–Crippen MR) is 87.0 cm³/mol. The van der Waals surface area contributed by atoms with Gasteiger partial charge in [-0.05, 0) is 55.6 Å². The Bertz CT molecular complexity index is 588. The monoisotopic (exact) mass is 417 g/mol. The highest BCUT2D eigenvalue weighted by Crippen LogP contribution is 2.35. The first-order valence-corrected chi connectivity index (χ1v) is 7.39. The fraction of sp³-hybridized carbons (Fsp3) is 0.143. The molecule has 7 heteroatoms. The summed E-state index contributed by atoms with van der Waals surface area (Å²) in [6.07, 6.45) is 2.97. The van der Waals surface area contributed by atoms with Crippen LogP contribution in [0.3, 0.4) is 0 Å². The highest BCUT2D eigenvalue weighted by molar-refractivity contribution is 9.11. The van der Waals surface area contributed by atoms with Crippen LogP contribution in [0.2, 0.25) is 0 Å². The molecule has 0 bridgehead atoms. The van der Waals surface area contributed by atoms with E-state index in [2.05, 4.69) is 43.8 Å². The Labute approximate surface area is 138 Å². The molecule has 21 heavy (non-hydrogen) atoms. The number of carboxylic acids is 1. The Balaban J connectivity index is 3.16. The second-order valence-corrected chi connectivity index (χ2v) is 5.67. The van der Waals surface area contributed by atoms with E-state index in [1.807, 2.05) is 0 Å². The van der Waals surface area contributed by atoms with Crippen LogP contribution >= 0.6 is 31.9 Å². The van der Waals surface area contributed by atoms with Crippen molar-refractivity contribution in [3.05, 3.63) is 45.0 Å². The highest BCUT2D eigenvalue weighted by Gasteiger charge is 2.12. The van der Waals surface area contributed by atoms with Crippen LogP contribution in [-0.2, 0) is 9.59 Å². The highest BCUT2D eigenvalue weighted by atomic mass is 79.9. The number of carbonyl (C=O) groups is 2. The molecule has 2 N–H and O–H groups in total. The second-order valence-electron chi connectivity index (χ2n) is 3.96. The molecule has 0 saturated heterocycles. The molecule has 1 aromatic carbocycles. The molecule has 1 aromatic rings. The van der Waals surface area contributed by atoms with Crippen molar-refractivity contribution < 1.29 is 19.4 Å². The van der Waals surface area contributed by atoms with Gasteiger partial charge in [0.15, 0.2) is 0 Å². The van der Waals surface area contributed by atoms with Crippen molar-refractivity contribution in [2.75, 3.05) is 6.61 Å². The van der Waals surface area contributed by atoms with Gasteiger partial charge in [-0.15, -0.1) is 0 Å². The molecule has 0 atom stereocenters. The maximum Gasteiger partial charge on any atom is 0.352 e. The van der Waals surface area contributed by atoms with Crippen LogP contribution in [-0.4, -0.2) is 23.6 Å². The van der Waals surface area contributed by atoms with Crippen LogP contribution in [0.1, 0.15) is 12.5 Å². The van der Waals surface area contributed by atoms with Gasteiger partial charge in [-0.3, -0.25) is 4.79 Å². The zero-order valence-electron chi connectivity index (χ0n) is 11.2. The van der Waals surface area contributed by atoms with Crippen molar-refractivity contribution in [1.29, 1.82) is 0 Å². The number of amides is 1. The summed E-state index contributed by atoms with van der Waals surface area (Å²) in [6, 6.07) is 3.38. The van der Waals surface area contributed by atoms with Gasteiger partial charge in [0.05, 0.1) is 8.95 Å². The van der Waals surface area contributed by atoms with Crippen LogP contribution in [0, 0.1) is 0 Å². The Morgan fingerprint density at radius 1 is 1.38 bits per heavy atom. The average molecular weight is 419 g/mol. The largest absolute Gasteiger partial charge is 0.487 e. The van der Waals surface area contributed by atoms with Gasteiger partial charge in [-0.1, -0.05) is 12.7 Å². The molecular formula is C14H13Br2NO4. The molecule has 112 valence electrons. The molecule has 1 amide bonds. The quantitative estimate of drug-likeness (QED) is 0.548. The Morgan fingerprint density at radius 3 is 2.38 bits per heavy atom. The van der Waals surface area contributed by atoms with Gasteiger partial charge in [-0.25, -0.2) is 4.79 Å². The number of nitrogens with one attached hydrogen (secondary N) is 1. The molecule has 1 rings (SSSR count). The van der Waals surface area contributed by atoms with Crippen molar-refractivity contribution in [3.8, 4) is 5.75 Å². The summed E-state index contributed by atoms with van der Waals surface area (Å²) < 4.78 is 6.77. The molecule has 0 heterocycles. The van der Waals surface area contributed by atoms with Crippen LogP contribution in [0.25, 0.3) is 6.08 Å².